The lowest BCUT2D eigenvalue weighted by Crippen LogP contribution is -2.07. The molecule has 0 N–H and O–H groups in total. The van der Waals surface area contributed by atoms with Crippen molar-refractivity contribution in [2.24, 2.45) is 0 Å². The lowest BCUT2D eigenvalue weighted by molar-refractivity contribution is 0.991. The number of aromatic nitrogens is 5. The van der Waals surface area contributed by atoms with E-state index in [0.717, 1.165) is 82.2 Å². The summed E-state index contributed by atoms with van der Waals surface area (Å²) in [5.41, 5.74) is 8.16. The maximum absolute atomic E-state index is 8.48. The fourth-order valence-corrected chi connectivity index (χ4v) is 8.00. The van der Waals surface area contributed by atoms with Crippen molar-refractivity contribution in [1.29, 1.82) is 0 Å². The van der Waals surface area contributed by atoms with E-state index < -0.39 is 0 Å². The largest absolute Gasteiger partial charge is 0.309 e. The number of hydrogen-bond donors (Lipinski definition) is 0. The van der Waals surface area contributed by atoms with Gasteiger partial charge in [0.25, 0.3) is 0 Å². The number of para-hydroxylation sites is 6. The molecule has 0 radical (unpaired) electrons. The Balaban J connectivity index is 1.27. The predicted molar refractivity (Wildman–Crippen MR) is 215 cm³/mol. The molecule has 5 heteroatoms. The first-order chi connectivity index (χ1) is 27.7. The Hall–Kier alpha value is -6.98. The highest BCUT2D eigenvalue weighted by Crippen LogP contribution is 2.38. The first-order valence-corrected chi connectivity index (χ1v) is 17.2. The number of rotatable bonds is 4. The standard InChI is InChI=1S/C47H31N5/c1-30-26-27-44-37(28-30)35-18-6-8-20-38(35)50(44)43-25-13-7-19-36(43)47-48-45(51-39-21-9-2-14-31(39)32-15-3-10-22-40(32)51)29-46(49-47)52-41-23-11-4-16-33(41)34-17-5-12-24-42(34)52/h2-29H,1H3/i2D,3D,4D,5D,6D. The molecule has 0 saturated carbocycles. The average Bonchev–Trinajstić information content (AvgIpc) is 3.81. The minimum Gasteiger partial charge on any atom is -0.309 e. The monoisotopic (exact) mass is 670 g/mol. The fraction of sp³-hybridized carbons (Fsp3) is 0.0213. The van der Waals surface area contributed by atoms with Crippen LogP contribution < -0.4 is 0 Å². The van der Waals surface area contributed by atoms with Crippen LogP contribution in [0.4, 0.5) is 0 Å². The van der Waals surface area contributed by atoms with E-state index in [4.69, 9.17) is 16.8 Å². The second kappa shape index (κ2) is 11.0. The normalized spacial score (nSPS) is 13.3. The Morgan fingerprint density at radius 3 is 1.33 bits per heavy atom. The highest BCUT2D eigenvalue weighted by atomic mass is 15.1. The molecule has 0 bridgehead atoms. The molecule has 0 spiro atoms. The van der Waals surface area contributed by atoms with Crippen molar-refractivity contribution in [2.45, 2.75) is 6.92 Å². The van der Waals surface area contributed by atoms with Gasteiger partial charge in [-0.15, -0.1) is 0 Å². The molecule has 4 heterocycles. The molecule has 7 aromatic carbocycles. The third kappa shape index (κ3) is 4.11. The Kier molecular flexibility index (Phi) is 5.13. The van der Waals surface area contributed by atoms with Gasteiger partial charge in [-0.1, -0.05) is 115 Å². The van der Waals surface area contributed by atoms with Crippen molar-refractivity contribution < 1.29 is 6.85 Å². The van der Waals surface area contributed by atoms with Crippen LogP contribution in [-0.2, 0) is 0 Å². The van der Waals surface area contributed by atoms with Crippen molar-refractivity contribution in [1.82, 2.24) is 23.7 Å². The van der Waals surface area contributed by atoms with Gasteiger partial charge < -0.3 is 4.57 Å². The minimum absolute atomic E-state index is 0.377. The molecule has 0 fully saturated rings. The van der Waals surface area contributed by atoms with Crippen molar-refractivity contribution in [3.63, 3.8) is 0 Å². The van der Waals surface area contributed by atoms with E-state index in [9.17, 15) is 0 Å². The Morgan fingerprint density at radius 2 is 0.827 bits per heavy atom. The summed E-state index contributed by atoms with van der Waals surface area (Å²) in [5, 5.41) is 5.46. The molecule has 0 unspecified atom stereocenters. The molecule has 4 aromatic heterocycles. The van der Waals surface area contributed by atoms with Gasteiger partial charge in [-0.05, 0) is 61.5 Å². The predicted octanol–water partition coefficient (Wildman–Crippen LogP) is 11.7. The molecule has 0 aliphatic rings. The van der Waals surface area contributed by atoms with E-state index in [1.165, 1.54) is 0 Å². The van der Waals surface area contributed by atoms with Crippen LogP contribution in [0.2, 0.25) is 0 Å². The summed E-state index contributed by atoms with van der Waals surface area (Å²) < 4.78 is 48.8. The summed E-state index contributed by atoms with van der Waals surface area (Å²) >= 11 is 0. The summed E-state index contributed by atoms with van der Waals surface area (Å²) in [4.78, 5) is 10.8. The van der Waals surface area contributed by atoms with Crippen LogP contribution in [0.1, 0.15) is 12.4 Å². The van der Waals surface area contributed by atoms with E-state index in [1.807, 2.05) is 91.0 Å². The fourth-order valence-electron chi connectivity index (χ4n) is 8.00. The number of nitrogens with zero attached hydrogens (tertiary/aromatic N) is 5. The van der Waals surface area contributed by atoms with Gasteiger partial charge in [-0.2, -0.15) is 0 Å². The van der Waals surface area contributed by atoms with Crippen LogP contribution in [0.3, 0.4) is 0 Å². The van der Waals surface area contributed by atoms with Gasteiger partial charge in [0.05, 0.1) is 45.6 Å². The molecule has 0 aliphatic carbocycles. The summed E-state index contributed by atoms with van der Waals surface area (Å²) in [6.45, 7) is 2.08. The third-order valence-corrected chi connectivity index (χ3v) is 10.2. The number of hydrogen-bond acceptors (Lipinski definition) is 2. The van der Waals surface area contributed by atoms with E-state index in [2.05, 4.69) is 44.9 Å². The van der Waals surface area contributed by atoms with Crippen LogP contribution in [0, 0.1) is 6.92 Å². The molecule has 0 atom stereocenters. The topological polar surface area (TPSA) is 40.6 Å². The molecule has 11 rings (SSSR count). The molecular weight excluding hydrogens is 635 g/mol. The summed E-state index contributed by atoms with van der Waals surface area (Å²) in [6.07, 6.45) is 0. The smallest absolute Gasteiger partial charge is 0.166 e. The SMILES string of the molecule is [2H]c1ccc2c(c1)c1cc([2H])ccc1n2-c1cc(-n2c3ccc([2H])cc3c3cc([2H])ccc32)nc(-c2ccccc2-n2c3ccc([2H])cc3c3cc(C)ccc32)n1. The van der Waals surface area contributed by atoms with Crippen LogP contribution in [0.15, 0.2) is 170 Å². The second-order valence-electron chi connectivity index (χ2n) is 13.2. The van der Waals surface area contributed by atoms with Crippen LogP contribution >= 0.6 is 0 Å². The number of aryl methyl sites for hydroxylation is 1. The maximum Gasteiger partial charge on any atom is 0.166 e. The zero-order chi connectivity index (χ0) is 38.7. The quantitative estimate of drug-likeness (QED) is 0.187. The van der Waals surface area contributed by atoms with Gasteiger partial charge in [0.1, 0.15) is 11.6 Å². The molecule has 5 nitrogen and oxygen atoms in total. The first-order valence-electron chi connectivity index (χ1n) is 19.7. The van der Waals surface area contributed by atoms with Gasteiger partial charge in [0, 0.05) is 43.9 Å². The maximum atomic E-state index is 8.48. The van der Waals surface area contributed by atoms with E-state index in [1.54, 1.807) is 24.3 Å². The van der Waals surface area contributed by atoms with E-state index in [0.29, 0.717) is 47.7 Å². The minimum atomic E-state index is 0.377. The highest BCUT2D eigenvalue weighted by molar-refractivity contribution is 6.11. The van der Waals surface area contributed by atoms with E-state index in [-0.39, 0.29) is 0 Å². The van der Waals surface area contributed by atoms with Crippen LogP contribution in [-0.4, -0.2) is 23.7 Å². The van der Waals surface area contributed by atoms with Crippen molar-refractivity contribution in [3.05, 3.63) is 175 Å². The molecule has 0 amide bonds. The molecule has 244 valence electrons. The van der Waals surface area contributed by atoms with Crippen molar-refractivity contribution in [2.75, 3.05) is 0 Å². The molecule has 11 aromatic rings. The number of fused-ring (bicyclic) bond motifs is 9. The number of benzene rings is 7. The second-order valence-corrected chi connectivity index (χ2v) is 13.2. The average molecular weight is 671 g/mol. The molecule has 52 heavy (non-hydrogen) atoms. The molecule has 0 saturated heterocycles. The molecule has 0 aliphatic heterocycles. The van der Waals surface area contributed by atoms with Gasteiger partial charge in [0.15, 0.2) is 5.82 Å². The van der Waals surface area contributed by atoms with Crippen LogP contribution in [0.5, 0.6) is 0 Å². The zero-order valence-electron chi connectivity index (χ0n) is 33.0. The van der Waals surface area contributed by atoms with Crippen molar-refractivity contribution in [3.8, 4) is 28.7 Å². The lowest BCUT2D eigenvalue weighted by Gasteiger charge is -2.16. The Labute approximate surface area is 306 Å². The third-order valence-electron chi connectivity index (χ3n) is 10.2. The van der Waals surface area contributed by atoms with Crippen molar-refractivity contribution >= 4 is 65.4 Å². The van der Waals surface area contributed by atoms with Gasteiger partial charge in [-0.3, -0.25) is 9.13 Å². The zero-order valence-corrected chi connectivity index (χ0v) is 28.0. The Bertz CT molecular complexity index is 3180. The Morgan fingerprint density at radius 1 is 0.404 bits per heavy atom. The van der Waals surface area contributed by atoms with Gasteiger partial charge in [-0.25, -0.2) is 9.97 Å². The van der Waals surface area contributed by atoms with Gasteiger partial charge >= 0.3 is 0 Å². The van der Waals surface area contributed by atoms with Crippen LogP contribution in [0.25, 0.3) is 94.1 Å². The molecular formula is C47H31N5. The summed E-state index contributed by atoms with van der Waals surface area (Å²) in [5.74, 6) is 1.67. The summed E-state index contributed by atoms with van der Waals surface area (Å²) in [7, 11) is 0. The lowest BCUT2D eigenvalue weighted by atomic mass is 10.1. The van der Waals surface area contributed by atoms with Gasteiger partial charge in [0.2, 0.25) is 0 Å². The first kappa shape index (κ1) is 24.2. The van der Waals surface area contributed by atoms with E-state index >= 15 is 0 Å². The highest BCUT2D eigenvalue weighted by Gasteiger charge is 2.21. The summed E-state index contributed by atoms with van der Waals surface area (Å²) in [6, 6.07) is 46.4.